The van der Waals surface area contributed by atoms with Crippen LogP contribution in [0.2, 0.25) is 0 Å². The minimum absolute atomic E-state index is 0.884. The molecule has 0 radical (unpaired) electrons. The van der Waals surface area contributed by atoms with Crippen molar-refractivity contribution >= 4 is 5.71 Å². The molecule has 0 amide bonds. The van der Waals surface area contributed by atoms with Crippen LogP contribution in [-0.4, -0.2) is 24.4 Å². The van der Waals surface area contributed by atoms with Crippen LogP contribution in [0.3, 0.4) is 0 Å². The number of nitrogens with zero attached hydrogens (tertiary/aromatic N) is 1. The molecule has 0 saturated heterocycles. The molecule has 1 heteroatoms. The first-order chi connectivity index (χ1) is 3.22. The highest BCUT2D eigenvalue weighted by molar-refractivity contribution is 5.96. The summed E-state index contributed by atoms with van der Waals surface area (Å²) in [4.78, 5) is 0. The van der Waals surface area contributed by atoms with Crippen LogP contribution in [0, 0.1) is 5.92 Å². The van der Waals surface area contributed by atoms with Gasteiger partial charge in [0.1, 0.15) is 14.1 Å². The Bertz CT molecular complexity index is 109. The van der Waals surface area contributed by atoms with Crippen molar-refractivity contribution in [3.05, 3.63) is 0 Å². The van der Waals surface area contributed by atoms with Crippen LogP contribution in [0.25, 0.3) is 0 Å². The van der Waals surface area contributed by atoms with Gasteiger partial charge in [0.2, 0.25) is 0 Å². The maximum absolute atomic E-state index is 2.26. The largest absolute Gasteiger partial charge is 0.242 e. The van der Waals surface area contributed by atoms with Crippen LogP contribution < -0.4 is 0 Å². The SMILES string of the molecule is CC1CC1=[N+](C)C. The van der Waals surface area contributed by atoms with Gasteiger partial charge in [-0.1, -0.05) is 6.92 Å². The topological polar surface area (TPSA) is 3.01 Å². The monoisotopic (exact) mass is 98.1 g/mol. The molecular formula is C6H12N+. The van der Waals surface area contributed by atoms with Crippen molar-refractivity contribution < 1.29 is 4.58 Å². The fraction of sp³-hybridized carbons (Fsp3) is 0.833. The van der Waals surface area contributed by atoms with Crippen molar-refractivity contribution in [3.63, 3.8) is 0 Å². The van der Waals surface area contributed by atoms with E-state index < -0.39 is 0 Å². The predicted molar refractivity (Wildman–Crippen MR) is 30.9 cm³/mol. The van der Waals surface area contributed by atoms with Gasteiger partial charge in [-0.25, -0.2) is 4.58 Å². The molecule has 1 aliphatic carbocycles. The zero-order valence-corrected chi connectivity index (χ0v) is 5.23. The first-order valence-corrected chi connectivity index (χ1v) is 2.75. The highest BCUT2D eigenvalue weighted by Crippen LogP contribution is 2.23. The summed E-state index contributed by atoms with van der Waals surface area (Å²) in [6.07, 6.45) is 1.33. The molecule has 0 aromatic carbocycles. The third-order valence-corrected chi connectivity index (χ3v) is 1.50. The van der Waals surface area contributed by atoms with E-state index in [2.05, 4.69) is 25.6 Å². The standard InChI is InChI=1S/C6H12N/c1-5-4-6(5)7(2)3/h5H,4H2,1-3H3/q+1. The fourth-order valence-corrected chi connectivity index (χ4v) is 0.878. The summed E-state index contributed by atoms with van der Waals surface area (Å²) in [5.74, 6) is 0.884. The molecule has 0 heterocycles. The molecule has 1 atom stereocenters. The Labute approximate surface area is 44.7 Å². The molecule has 0 aromatic heterocycles. The van der Waals surface area contributed by atoms with Crippen LogP contribution in [0.15, 0.2) is 0 Å². The van der Waals surface area contributed by atoms with Gasteiger partial charge in [-0.2, -0.15) is 0 Å². The Hall–Kier alpha value is -0.330. The predicted octanol–water partition coefficient (Wildman–Crippen LogP) is 0.739. The molecule has 1 saturated carbocycles. The summed E-state index contributed by atoms with van der Waals surface area (Å²) < 4.78 is 2.21. The van der Waals surface area contributed by atoms with Crippen LogP contribution in [-0.2, 0) is 0 Å². The van der Waals surface area contributed by atoms with Crippen molar-refractivity contribution in [2.24, 2.45) is 5.92 Å². The van der Waals surface area contributed by atoms with E-state index in [9.17, 15) is 0 Å². The molecule has 1 unspecified atom stereocenters. The average molecular weight is 98.2 g/mol. The summed E-state index contributed by atoms with van der Waals surface area (Å²) in [5.41, 5.74) is 1.60. The molecule has 0 spiro atoms. The van der Waals surface area contributed by atoms with Crippen molar-refractivity contribution in [2.45, 2.75) is 13.3 Å². The fourth-order valence-electron chi connectivity index (χ4n) is 0.878. The van der Waals surface area contributed by atoms with Gasteiger partial charge in [-0.05, 0) is 0 Å². The highest BCUT2D eigenvalue weighted by atomic mass is 15.0. The second-order valence-electron chi connectivity index (χ2n) is 2.49. The molecule has 7 heavy (non-hydrogen) atoms. The Kier molecular flexibility index (Phi) is 0.911. The van der Waals surface area contributed by atoms with E-state index >= 15 is 0 Å². The minimum atomic E-state index is 0.884. The number of hydrogen-bond donors (Lipinski definition) is 0. The molecule has 1 rings (SSSR count). The van der Waals surface area contributed by atoms with Gasteiger partial charge in [0.05, 0.1) is 0 Å². The van der Waals surface area contributed by atoms with Crippen LogP contribution in [0.4, 0.5) is 0 Å². The van der Waals surface area contributed by atoms with Crippen molar-refractivity contribution in [1.29, 1.82) is 0 Å². The van der Waals surface area contributed by atoms with E-state index in [1.807, 2.05) is 0 Å². The van der Waals surface area contributed by atoms with E-state index in [0.717, 1.165) is 5.92 Å². The molecule has 0 bridgehead atoms. The Morgan fingerprint density at radius 1 is 1.57 bits per heavy atom. The molecule has 40 valence electrons. The maximum atomic E-state index is 2.26. The quantitative estimate of drug-likeness (QED) is 0.393. The third kappa shape index (κ3) is 0.817. The van der Waals surface area contributed by atoms with Crippen molar-refractivity contribution in [3.8, 4) is 0 Å². The normalized spacial score (nSPS) is 27.9. The van der Waals surface area contributed by atoms with Crippen LogP contribution in [0.1, 0.15) is 13.3 Å². The highest BCUT2D eigenvalue weighted by Gasteiger charge is 2.33. The first-order valence-electron chi connectivity index (χ1n) is 2.75. The lowest BCUT2D eigenvalue weighted by atomic mass is 10.5. The number of hydrogen-bond acceptors (Lipinski definition) is 0. The van der Waals surface area contributed by atoms with E-state index in [1.54, 1.807) is 5.71 Å². The average Bonchev–Trinajstić information content (AvgIpc) is 2.17. The number of rotatable bonds is 0. The summed E-state index contributed by atoms with van der Waals surface area (Å²) >= 11 is 0. The van der Waals surface area contributed by atoms with E-state index in [0.29, 0.717) is 0 Å². The van der Waals surface area contributed by atoms with E-state index in [1.165, 1.54) is 6.42 Å². The second kappa shape index (κ2) is 1.32. The smallest absolute Gasteiger partial charge is 0.156 e. The Morgan fingerprint density at radius 2 is 2.00 bits per heavy atom. The summed E-state index contributed by atoms with van der Waals surface area (Å²) in [5, 5.41) is 0. The lowest BCUT2D eigenvalue weighted by Crippen LogP contribution is -1.98. The van der Waals surface area contributed by atoms with Gasteiger partial charge in [0, 0.05) is 12.3 Å². The molecule has 0 N–H and O–H groups in total. The summed E-state index contributed by atoms with van der Waals surface area (Å²) in [6.45, 7) is 2.26. The van der Waals surface area contributed by atoms with Gasteiger partial charge in [-0.15, -0.1) is 0 Å². The molecule has 1 nitrogen and oxygen atoms in total. The molecule has 0 aromatic rings. The van der Waals surface area contributed by atoms with Gasteiger partial charge in [0.15, 0.2) is 5.71 Å². The zero-order chi connectivity index (χ0) is 5.44. The van der Waals surface area contributed by atoms with Crippen molar-refractivity contribution in [2.75, 3.05) is 14.1 Å². The lowest BCUT2D eigenvalue weighted by molar-refractivity contribution is -0.462. The van der Waals surface area contributed by atoms with Gasteiger partial charge in [-0.3, -0.25) is 0 Å². The first kappa shape index (κ1) is 4.82. The van der Waals surface area contributed by atoms with Crippen molar-refractivity contribution in [1.82, 2.24) is 0 Å². The molecule has 1 aliphatic rings. The van der Waals surface area contributed by atoms with E-state index in [4.69, 9.17) is 0 Å². The Morgan fingerprint density at radius 3 is 2.00 bits per heavy atom. The maximum Gasteiger partial charge on any atom is 0.156 e. The molecule has 1 fully saturated rings. The van der Waals surface area contributed by atoms with E-state index in [-0.39, 0.29) is 0 Å². The lowest BCUT2D eigenvalue weighted by Gasteiger charge is -1.76. The zero-order valence-electron chi connectivity index (χ0n) is 5.23. The summed E-state index contributed by atoms with van der Waals surface area (Å²) in [6, 6.07) is 0. The van der Waals surface area contributed by atoms with Gasteiger partial charge in [0.25, 0.3) is 0 Å². The summed E-state index contributed by atoms with van der Waals surface area (Å²) in [7, 11) is 4.22. The molecule has 0 aliphatic heterocycles. The van der Waals surface area contributed by atoms with Crippen LogP contribution >= 0.6 is 0 Å². The Balaban J connectivity index is 2.60. The minimum Gasteiger partial charge on any atom is -0.242 e. The molecular weight excluding hydrogens is 86.1 g/mol. The van der Waals surface area contributed by atoms with Gasteiger partial charge >= 0.3 is 0 Å². The second-order valence-corrected chi connectivity index (χ2v) is 2.49. The van der Waals surface area contributed by atoms with Crippen LogP contribution in [0.5, 0.6) is 0 Å². The van der Waals surface area contributed by atoms with Gasteiger partial charge < -0.3 is 0 Å². The third-order valence-electron chi connectivity index (χ3n) is 1.50.